The number of carbonyl (C=O) groups excluding carboxylic acids is 1. The maximum atomic E-state index is 11.7. The van der Waals surface area contributed by atoms with Crippen molar-refractivity contribution in [1.82, 2.24) is 0 Å². The third-order valence-corrected chi connectivity index (χ3v) is 4.65. The van der Waals surface area contributed by atoms with Crippen molar-refractivity contribution in [2.45, 2.75) is 31.1 Å². The molecule has 0 saturated heterocycles. The Morgan fingerprint density at radius 1 is 1.62 bits per heavy atom. The number of thiophene rings is 1. The average molecular weight is 260 g/mol. The van der Waals surface area contributed by atoms with Gasteiger partial charge in [0.2, 0.25) is 0 Å². The molecule has 0 saturated carbocycles. The summed E-state index contributed by atoms with van der Waals surface area (Å²) in [5, 5.41) is 9.68. The van der Waals surface area contributed by atoms with E-state index < -0.39 is 6.10 Å². The zero-order valence-corrected chi connectivity index (χ0v) is 11.5. The van der Waals surface area contributed by atoms with Gasteiger partial charge in [0, 0.05) is 5.56 Å². The van der Waals surface area contributed by atoms with Gasteiger partial charge >= 0.3 is 5.97 Å². The second kappa shape index (κ2) is 5.70. The average Bonchev–Trinajstić information content (AvgIpc) is 2.55. The Balaban J connectivity index is 3.17. The van der Waals surface area contributed by atoms with E-state index in [0.717, 1.165) is 15.3 Å². The molecule has 0 aliphatic heterocycles. The van der Waals surface area contributed by atoms with Crippen LogP contribution in [-0.2, 0) is 4.74 Å². The molecule has 1 heterocycles. The minimum atomic E-state index is -0.554. The van der Waals surface area contributed by atoms with Crippen molar-refractivity contribution in [2.24, 2.45) is 0 Å². The van der Waals surface area contributed by atoms with E-state index in [0.29, 0.717) is 11.5 Å². The number of hydrogen-bond donors (Lipinski definition) is 1. The number of rotatable bonds is 4. The second-order valence-corrected chi connectivity index (χ2v) is 5.45. The fraction of sp³-hybridized carbons (Fsp3) is 0.545. The van der Waals surface area contributed by atoms with Gasteiger partial charge in [0.05, 0.1) is 16.9 Å². The summed E-state index contributed by atoms with van der Waals surface area (Å²) in [6.45, 7) is 5.72. The van der Waals surface area contributed by atoms with Gasteiger partial charge in [0.25, 0.3) is 0 Å². The number of aliphatic hydroxyl groups is 1. The lowest BCUT2D eigenvalue weighted by molar-refractivity contribution is 0.0531. The Morgan fingerprint density at radius 2 is 2.25 bits per heavy atom. The van der Waals surface area contributed by atoms with Gasteiger partial charge in [0.1, 0.15) is 4.88 Å². The van der Waals surface area contributed by atoms with Crippen LogP contribution in [0.5, 0.6) is 0 Å². The van der Waals surface area contributed by atoms with Crippen LogP contribution in [-0.4, -0.2) is 23.9 Å². The number of thioether (sulfide) groups is 1. The first-order valence-corrected chi connectivity index (χ1v) is 7.09. The topological polar surface area (TPSA) is 46.5 Å². The first kappa shape index (κ1) is 13.5. The van der Waals surface area contributed by atoms with E-state index in [2.05, 4.69) is 0 Å². The fourth-order valence-corrected chi connectivity index (χ4v) is 3.68. The van der Waals surface area contributed by atoms with Crippen LogP contribution in [0, 0.1) is 6.92 Å². The molecular weight excluding hydrogens is 244 g/mol. The van der Waals surface area contributed by atoms with E-state index in [1.807, 2.05) is 13.2 Å². The maximum absolute atomic E-state index is 11.7. The van der Waals surface area contributed by atoms with Gasteiger partial charge in [-0.2, -0.15) is 0 Å². The van der Waals surface area contributed by atoms with Crippen LogP contribution in [0.25, 0.3) is 0 Å². The normalized spacial score (nSPS) is 12.6. The number of esters is 1. The smallest absolute Gasteiger partial charge is 0.348 e. The standard InChI is InChI=1S/C11H16O3S2/c1-5-14-10(13)9-6(2)8(7(3)12)11(15-4)16-9/h7,12H,5H2,1-4H3/t7-/m1/s1. The zero-order valence-electron chi connectivity index (χ0n) is 9.86. The summed E-state index contributed by atoms with van der Waals surface area (Å²) in [5.74, 6) is -0.299. The molecule has 1 aromatic rings. The van der Waals surface area contributed by atoms with E-state index in [-0.39, 0.29) is 5.97 Å². The van der Waals surface area contributed by atoms with Gasteiger partial charge in [0.15, 0.2) is 0 Å². The maximum Gasteiger partial charge on any atom is 0.348 e. The highest BCUT2D eigenvalue weighted by atomic mass is 32.2. The van der Waals surface area contributed by atoms with Gasteiger partial charge in [-0.25, -0.2) is 4.79 Å². The Morgan fingerprint density at radius 3 is 2.62 bits per heavy atom. The van der Waals surface area contributed by atoms with Gasteiger partial charge in [-0.1, -0.05) is 0 Å². The molecular formula is C11H16O3S2. The molecule has 1 aromatic heterocycles. The third kappa shape index (κ3) is 2.59. The van der Waals surface area contributed by atoms with Crippen molar-refractivity contribution in [3.05, 3.63) is 16.0 Å². The van der Waals surface area contributed by atoms with Gasteiger partial charge < -0.3 is 9.84 Å². The van der Waals surface area contributed by atoms with Gasteiger partial charge in [-0.3, -0.25) is 0 Å². The molecule has 0 aliphatic rings. The predicted molar refractivity (Wildman–Crippen MR) is 67.4 cm³/mol. The summed E-state index contributed by atoms with van der Waals surface area (Å²) in [4.78, 5) is 12.3. The molecule has 3 nitrogen and oxygen atoms in total. The number of carbonyl (C=O) groups is 1. The molecule has 0 fully saturated rings. The Kier molecular flexibility index (Phi) is 4.83. The Bertz CT molecular complexity index is 383. The highest BCUT2D eigenvalue weighted by Gasteiger charge is 2.22. The van der Waals surface area contributed by atoms with E-state index in [9.17, 15) is 9.90 Å². The molecule has 1 rings (SSSR count). The summed E-state index contributed by atoms with van der Waals surface area (Å²) in [6, 6.07) is 0. The molecule has 0 bridgehead atoms. The van der Waals surface area contributed by atoms with Crippen LogP contribution < -0.4 is 0 Å². The van der Waals surface area contributed by atoms with Crippen molar-refractivity contribution in [2.75, 3.05) is 12.9 Å². The molecule has 1 atom stereocenters. The van der Waals surface area contributed by atoms with E-state index in [4.69, 9.17) is 4.74 Å². The number of hydrogen-bond acceptors (Lipinski definition) is 5. The fourth-order valence-electron chi connectivity index (χ4n) is 1.53. The van der Waals surface area contributed by atoms with E-state index in [1.165, 1.54) is 11.3 Å². The van der Waals surface area contributed by atoms with Crippen LogP contribution in [0.3, 0.4) is 0 Å². The summed E-state index contributed by atoms with van der Waals surface area (Å²) >= 11 is 2.94. The van der Waals surface area contributed by atoms with Crippen LogP contribution in [0.15, 0.2) is 4.21 Å². The molecule has 5 heteroatoms. The Hall–Kier alpha value is -0.520. The molecule has 0 aliphatic carbocycles. The van der Waals surface area contributed by atoms with Crippen molar-refractivity contribution in [3.8, 4) is 0 Å². The van der Waals surface area contributed by atoms with Crippen molar-refractivity contribution < 1.29 is 14.6 Å². The van der Waals surface area contributed by atoms with Gasteiger partial charge in [-0.05, 0) is 32.6 Å². The summed E-state index contributed by atoms with van der Waals surface area (Å²) < 4.78 is 5.96. The SMILES string of the molecule is CCOC(=O)c1sc(SC)c([C@@H](C)O)c1C. The van der Waals surface area contributed by atoms with E-state index >= 15 is 0 Å². The van der Waals surface area contributed by atoms with E-state index in [1.54, 1.807) is 25.6 Å². The highest BCUT2D eigenvalue weighted by Crippen LogP contribution is 2.38. The zero-order chi connectivity index (χ0) is 12.3. The molecule has 16 heavy (non-hydrogen) atoms. The lowest BCUT2D eigenvalue weighted by Gasteiger charge is -2.06. The molecule has 0 unspecified atom stereocenters. The lowest BCUT2D eigenvalue weighted by Crippen LogP contribution is -2.04. The number of aliphatic hydroxyl groups excluding tert-OH is 1. The van der Waals surface area contributed by atoms with Crippen LogP contribution >= 0.6 is 23.1 Å². The molecule has 90 valence electrons. The molecule has 0 spiro atoms. The predicted octanol–water partition coefficient (Wildman–Crippen LogP) is 3.01. The van der Waals surface area contributed by atoms with Crippen molar-refractivity contribution in [3.63, 3.8) is 0 Å². The van der Waals surface area contributed by atoms with Crippen LogP contribution in [0.2, 0.25) is 0 Å². The van der Waals surface area contributed by atoms with Gasteiger partial charge in [-0.15, -0.1) is 23.1 Å². The second-order valence-electron chi connectivity index (χ2n) is 3.36. The minimum Gasteiger partial charge on any atom is -0.462 e. The third-order valence-electron chi connectivity index (χ3n) is 2.22. The summed E-state index contributed by atoms with van der Waals surface area (Å²) in [6.07, 6.45) is 1.38. The summed E-state index contributed by atoms with van der Waals surface area (Å²) in [7, 11) is 0. The largest absolute Gasteiger partial charge is 0.462 e. The minimum absolute atomic E-state index is 0.299. The molecule has 0 aromatic carbocycles. The number of ether oxygens (including phenoxy) is 1. The first-order chi connectivity index (χ1) is 7.52. The van der Waals surface area contributed by atoms with Crippen LogP contribution in [0.1, 0.15) is 40.8 Å². The molecule has 1 N–H and O–H groups in total. The van der Waals surface area contributed by atoms with Crippen molar-refractivity contribution in [1.29, 1.82) is 0 Å². The molecule has 0 amide bonds. The first-order valence-electron chi connectivity index (χ1n) is 5.05. The quantitative estimate of drug-likeness (QED) is 0.668. The monoisotopic (exact) mass is 260 g/mol. The van der Waals surface area contributed by atoms with Crippen molar-refractivity contribution >= 4 is 29.1 Å². The highest BCUT2D eigenvalue weighted by molar-refractivity contribution is 8.00. The summed E-state index contributed by atoms with van der Waals surface area (Å²) in [5.41, 5.74) is 1.68. The van der Waals surface area contributed by atoms with Crippen LogP contribution in [0.4, 0.5) is 0 Å². The Labute approximate surface area is 104 Å². The lowest BCUT2D eigenvalue weighted by atomic mass is 10.1. The molecule has 0 radical (unpaired) electrons.